The zero-order chi connectivity index (χ0) is 12.3. The summed E-state index contributed by atoms with van der Waals surface area (Å²) in [6, 6.07) is 2.02. The second kappa shape index (κ2) is 5.42. The molecule has 5 nitrogen and oxygen atoms in total. The third-order valence-electron chi connectivity index (χ3n) is 2.21. The van der Waals surface area contributed by atoms with Crippen molar-refractivity contribution in [3.63, 3.8) is 0 Å². The van der Waals surface area contributed by atoms with Crippen molar-refractivity contribution in [1.29, 1.82) is 0 Å². The molecular weight excluding hydrogens is 304 g/mol. The van der Waals surface area contributed by atoms with E-state index in [9.17, 15) is 4.79 Å². The minimum Gasteiger partial charge on any atom is -0.339 e. The molecule has 0 spiro atoms. The van der Waals surface area contributed by atoms with E-state index >= 15 is 0 Å². The van der Waals surface area contributed by atoms with Gasteiger partial charge in [0.05, 0.1) is 12.7 Å². The van der Waals surface area contributed by atoms with Crippen LogP contribution in [0.1, 0.15) is 4.88 Å². The smallest absolute Gasteiger partial charge is 0.244 e. The predicted octanol–water partition coefficient (Wildman–Crippen LogP) is 1.76. The van der Waals surface area contributed by atoms with E-state index in [1.54, 1.807) is 35.7 Å². The minimum absolute atomic E-state index is 0.0139. The lowest BCUT2D eigenvalue weighted by Crippen LogP contribution is -2.29. The summed E-state index contributed by atoms with van der Waals surface area (Å²) < 4.78 is 2.57. The van der Waals surface area contributed by atoms with Crippen LogP contribution in [0.2, 0.25) is 0 Å². The lowest BCUT2D eigenvalue weighted by atomic mass is 10.4. The van der Waals surface area contributed by atoms with E-state index in [0.717, 1.165) is 9.35 Å². The van der Waals surface area contributed by atoms with E-state index in [-0.39, 0.29) is 12.5 Å². The zero-order valence-corrected chi connectivity index (χ0v) is 11.6. The first-order valence-electron chi connectivity index (χ1n) is 4.96. The molecule has 1 amide bonds. The number of rotatable bonds is 4. The number of likely N-dealkylation sites (N-methyl/N-ethyl adjacent to an activating group) is 1. The van der Waals surface area contributed by atoms with Gasteiger partial charge in [-0.05, 0) is 22.0 Å². The summed E-state index contributed by atoms with van der Waals surface area (Å²) in [5.41, 5.74) is 0. The lowest BCUT2D eigenvalue weighted by molar-refractivity contribution is -0.131. The van der Waals surface area contributed by atoms with Crippen molar-refractivity contribution >= 4 is 33.2 Å². The van der Waals surface area contributed by atoms with Gasteiger partial charge in [0.2, 0.25) is 5.91 Å². The summed E-state index contributed by atoms with van der Waals surface area (Å²) in [6.07, 6.45) is 3.23. The molecule has 0 aliphatic heterocycles. The molecule has 2 aromatic rings. The summed E-state index contributed by atoms with van der Waals surface area (Å²) in [6.45, 7) is 0.840. The first kappa shape index (κ1) is 12.3. The predicted molar refractivity (Wildman–Crippen MR) is 68.5 cm³/mol. The van der Waals surface area contributed by atoms with Gasteiger partial charge in [-0.25, -0.2) is 4.68 Å². The Hall–Kier alpha value is -1.21. The molecule has 90 valence electrons. The van der Waals surface area contributed by atoms with Gasteiger partial charge in [0.25, 0.3) is 0 Å². The first-order chi connectivity index (χ1) is 8.15. The van der Waals surface area contributed by atoms with Crippen molar-refractivity contribution in [3.05, 3.63) is 33.2 Å². The topological polar surface area (TPSA) is 51.0 Å². The fraction of sp³-hybridized carbons (Fsp3) is 0.300. The average molecular weight is 315 g/mol. The summed E-state index contributed by atoms with van der Waals surface area (Å²) in [7, 11) is 1.78. The molecule has 0 aliphatic rings. The molecule has 0 fully saturated rings. The molecule has 0 saturated heterocycles. The molecule has 0 radical (unpaired) electrons. The fourth-order valence-electron chi connectivity index (χ4n) is 1.34. The maximum absolute atomic E-state index is 11.9. The summed E-state index contributed by atoms with van der Waals surface area (Å²) in [5, 5.41) is 9.43. The molecule has 0 aliphatic carbocycles. The Labute approximate surface area is 111 Å². The van der Waals surface area contributed by atoms with Gasteiger partial charge in [-0.2, -0.15) is 0 Å². The number of aromatic nitrogens is 3. The van der Waals surface area contributed by atoms with Crippen molar-refractivity contribution in [2.45, 2.75) is 13.1 Å². The van der Waals surface area contributed by atoms with E-state index < -0.39 is 0 Å². The largest absolute Gasteiger partial charge is 0.339 e. The molecule has 17 heavy (non-hydrogen) atoms. The van der Waals surface area contributed by atoms with Gasteiger partial charge in [-0.3, -0.25) is 4.79 Å². The average Bonchev–Trinajstić information content (AvgIpc) is 2.90. The van der Waals surface area contributed by atoms with Crippen LogP contribution >= 0.6 is 27.3 Å². The van der Waals surface area contributed by atoms with Gasteiger partial charge in [-0.1, -0.05) is 5.21 Å². The minimum atomic E-state index is 0.0139. The molecule has 0 bridgehead atoms. The van der Waals surface area contributed by atoms with Crippen LogP contribution in [0.25, 0.3) is 0 Å². The molecule has 0 atom stereocenters. The van der Waals surface area contributed by atoms with Gasteiger partial charge in [0.15, 0.2) is 0 Å². The Morgan fingerprint density at radius 1 is 1.65 bits per heavy atom. The molecule has 0 aromatic carbocycles. The van der Waals surface area contributed by atoms with Gasteiger partial charge >= 0.3 is 0 Å². The van der Waals surface area contributed by atoms with E-state index in [1.807, 2.05) is 11.4 Å². The molecule has 0 unspecified atom stereocenters. The van der Waals surface area contributed by atoms with Crippen LogP contribution in [0.5, 0.6) is 0 Å². The highest BCUT2D eigenvalue weighted by atomic mass is 79.9. The number of carbonyl (C=O) groups is 1. The monoisotopic (exact) mass is 314 g/mol. The Balaban J connectivity index is 1.91. The number of nitrogens with zero attached hydrogens (tertiary/aromatic N) is 4. The van der Waals surface area contributed by atoms with Crippen molar-refractivity contribution in [2.75, 3.05) is 7.05 Å². The van der Waals surface area contributed by atoms with Gasteiger partial charge in [-0.15, -0.1) is 16.4 Å². The highest BCUT2D eigenvalue weighted by Crippen LogP contribution is 2.20. The first-order valence-corrected chi connectivity index (χ1v) is 6.63. The molecule has 2 rings (SSSR count). The van der Waals surface area contributed by atoms with Crippen LogP contribution in [-0.4, -0.2) is 32.8 Å². The number of carbonyl (C=O) groups excluding carboxylic acids is 1. The number of hydrogen-bond donors (Lipinski definition) is 0. The zero-order valence-electron chi connectivity index (χ0n) is 9.21. The Morgan fingerprint density at radius 2 is 2.47 bits per heavy atom. The standard InChI is InChI=1S/C10H11BrN4OS/c1-14(5-9-4-8(11)7-17-9)10(16)6-15-3-2-12-13-15/h2-4,7H,5-6H2,1H3. The number of thiophene rings is 1. The second-order valence-electron chi connectivity index (χ2n) is 3.58. The van der Waals surface area contributed by atoms with E-state index in [0.29, 0.717) is 6.54 Å². The summed E-state index contributed by atoms with van der Waals surface area (Å²) in [4.78, 5) is 14.7. The summed E-state index contributed by atoms with van der Waals surface area (Å²) in [5.74, 6) is 0.0139. The van der Waals surface area contributed by atoms with E-state index in [4.69, 9.17) is 0 Å². The molecule has 2 heterocycles. The summed E-state index contributed by atoms with van der Waals surface area (Å²) >= 11 is 5.02. The van der Waals surface area contributed by atoms with Crippen molar-refractivity contribution in [3.8, 4) is 0 Å². The molecule has 0 saturated carbocycles. The van der Waals surface area contributed by atoms with Gasteiger partial charge < -0.3 is 4.90 Å². The Morgan fingerprint density at radius 3 is 3.06 bits per heavy atom. The van der Waals surface area contributed by atoms with E-state index in [1.165, 1.54) is 4.68 Å². The molecular formula is C10H11BrN4OS. The normalized spacial score (nSPS) is 10.5. The Kier molecular flexibility index (Phi) is 3.90. The lowest BCUT2D eigenvalue weighted by Gasteiger charge is -2.15. The number of halogens is 1. The SMILES string of the molecule is CN(Cc1cc(Br)cs1)C(=O)Cn1ccnn1. The maximum atomic E-state index is 11.9. The molecule has 0 N–H and O–H groups in total. The number of hydrogen-bond acceptors (Lipinski definition) is 4. The van der Waals surface area contributed by atoms with Crippen molar-refractivity contribution in [2.24, 2.45) is 0 Å². The fourth-order valence-corrected chi connectivity index (χ4v) is 2.84. The van der Waals surface area contributed by atoms with Crippen LogP contribution < -0.4 is 0 Å². The van der Waals surface area contributed by atoms with Gasteiger partial charge in [0.1, 0.15) is 6.54 Å². The molecule has 7 heteroatoms. The molecule has 2 aromatic heterocycles. The van der Waals surface area contributed by atoms with Crippen molar-refractivity contribution < 1.29 is 4.79 Å². The van der Waals surface area contributed by atoms with Crippen LogP contribution in [0, 0.1) is 0 Å². The van der Waals surface area contributed by atoms with Gasteiger partial charge in [0, 0.05) is 28.0 Å². The number of amides is 1. The third-order valence-corrected chi connectivity index (χ3v) is 3.89. The quantitative estimate of drug-likeness (QED) is 0.864. The van der Waals surface area contributed by atoms with Crippen molar-refractivity contribution in [1.82, 2.24) is 19.9 Å². The van der Waals surface area contributed by atoms with Crippen LogP contribution in [0.3, 0.4) is 0 Å². The highest BCUT2D eigenvalue weighted by Gasteiger charge is 2.11. The van der Waals surface area contributed by atoms with E-state index in [2.05, 4.69) is 26.2 Å². The van der Waals surface area contributed by atoms with Crippen LogP contribution in [0.4, 0.5) is 0 Å². The second-order valence-corrected chi connectivity index (χ2v) is 5.49. The highest BCUT2D eigenvalue weighted by molar-refractivity contribution is 9.10. The maximum Gasteiger partial charge on any atom is 0.244 e. The van der Waals surface area contributed by atoms with Crippen LogP contribution in [-0.2, 0) is 17.9 Å². The third kappa shape index (κ3) is 3.37. The van der Waals surface area contributed by atoms with Crippen LogP contribution in [0.15, 0.2) is 28.3 Å². The Bertz CT molecular complexity index is 496.